The van der Waals surface area contributed by atoms with Crippen molar-refractivity contribution in [2.45, 2.75) is 39.0 Å². The number of alkyl halides is 3. The molecule has 0 aliphatic heterocycles. The second-order valence-corrected chi connectivity index (χ2v) is 5.01. The Kier molecular flexibility index (Phi) is 4.62. The quantitative estimate of drug-likeness (QED) is 0.921. The summed E-state index contributed by atoms with van der Waals surface area (Å²) >= 11 is 0. The maximum Gasteiger partial charge on any atom is 0.416 e. The summed E-state index contributed by atoms with van der Waals surface area (Å²) in [5.74, 6) is 0.918. The van der Waals surface area contributed by atoms with Crippen LogP contribution >= 0.6 is 0 Å². The first-order valence-corrected chi connectivity index (χ1v) is 6.55. The molecule has 7 heteroatoms. The van der Waals surface area contributed by atoms with Crippen molar-refractivity contribution in [2.75, 3.05) is 0 Å². The molecule has 1 aromatic carbocycles. The number of nitrogens with one attached hydrogen (secondary N) is 1. The van der Waals surface area contributed by atoms with Crippen LogP contribution in [0.5, 0.6) is 0 Å². The number of hydrogen-bond acceptors (Lipinski definition) is 4. The predicted molar refractivity (Wildman–Crippen MR) is 70.5 cm³/mol. The highest BCUT2D eigenvalue weighted by molar-refractivity contribution is 5.26. The van der Waals surface area contributed by atoms with E-state index in [1.807, 2.05) is 13.8 Å². The van der Waals surface area contributed by atoms with E-state index in [0.29, 0.717) is 36.3 Å². The standard InChI is InChI=1S/C14H16F3N3O/c1-9(2)18-8-12-19-13(21-20-12)7-10-3-5-11(6-4-10)14(15,16)17/h3-6,9,18H,7-8H2,1-2H3. The first kappa shape index (κ1) is 15.5. The smallest absolute Gasteiger partial charge is 0.339 e. The van der Waals surface area contributed by atoms with Crippen LogP contribution in [0.1, 0.15) is 36.7 Å². The van der Waals surface area contributed by atoms with Crippen LogP contribution in [0.15, 0.2) is 28.8 Å². The molecule has 21 heavy (non-hydrogen) atoms. The Balaban J connectivity index is 1.98. The van der Waals surface area contributed by atoms with Gasteiger partial charge in [0.05, 0.1) is 18.5 Å². The lowest BCUT2D eigenvalue weighted by Gasteiger charge is -2.06. The predicted octanol–water partition coefficient (Wildman–Crippen LogP) is 3.18. The number of hydrogen-bond donors (Lipinski definition) is 1. The van der Waals surface area contributed by atoms with E-state index in [9.17, 15) is 13.2 Å². The second kappa shape index (κ2) is 6.26. The summed E-state index contributed by atoms with van der Waals surface area (Å²) in [6.45, 7) is 4.50. The highest BCUT2D eigenvalue weighted by atomic mass is 19.4. The van der Waals surface area contributed by atoms with E-state index in [0.717, 1.165) is 12.1 Å². The molecule has 0 atom stereocenters. The highest BCUT2D eigenvalue weighted by Gasteiger charge is 2.29. The molecule has 0 spiro atoms. The van der Waals surface area contributed by atoms with Gasteiger partial charge < -0.3 is 9.84 Å². The number of rotatable bonds is 5. The molecule has 2 aromatic rings. The molecule has 2 rings (SSSR count). The zero-order chi connectivity index (χ0) is 15.5. The molecular weight excluding hydrogens is 283 g/mol. The minimum absolute atomic E-state index is 0.307. The summed E-state index contributed by atoms with van der Waals surface area (Å²) in [5, 5.41) is 6.97. The van der Waals surface area contributed by atoms with Crippen LogP contribution in [0.3, 0.4) is 0 Å². The zero-order valence-corrected chi connectivity index (χ0v) is 11.7. The monoisotopic (exact) mass is 299 g/mol. The van der Waals surface area contributed by atoms with E-state index >= 15 is 0 Å². The van der Waals surface area contributed by atoms with E-state index in [1.165, 1.54) is 12.1 Å². The Hall–Kier alpha value is -1.89. The molecule has 0 saturated heterocycles. The molecule has 0 amide bonds. The molecule has 0 fully saturated rings. The average Bonchev–Trinajstić information content (AvgIpc) is 2.83. The molecule has 0 aliphatic rings. The van der Waals surface area contributed by atoms with Crippen molar-refractivity contribution in [3.05, 3.63) is 47.1 Å². The number of aromatic nitrogens is 2. The molecule has 0 unspecified atom stereocenters. The van der Waals surface area contributed by atoms with E-state index in [-0.39, 0.29) is 0 Å². The molecule has 4 nitrogen and oxygen atoms in total. The van der Waals surface area contributed by atoms with Crippen molar-refractivity contribution < 1.29 is 17.7 Å². The fraction of sp³-hybridized carbons (Fsp3) is 0.429. The van der Waals surface area contributed by atoms with Gasteiger partial charge in [-0.15, -0.1) is 0 Å². The fourth-order valence-electron chi connectivity index (χ4n) is 1.72. The SMILES string of the molecule is CC(C)NCc1noc(Cc2ccc(C(F)(F)F)cc2)n1. The van der Waals surface area contributed by atoms with Crippen molar-refractivity contribution >= 4 is 0 Å². The molecule has 1 aromatic heterocycles. The van der Waals surface area contributed by atoms with Gasteiger partial charge in [0.25, 0.3) is 0 Å². The van der Waals surface area contributed by atoms with E-state index in [2.05, 4.69) is 15.5 Å². The molecule has 114 valence electrons. The average molecular weight is 299 g/mol. The van der Waals surface area contributed by atoms with Crippen LogP contribution < -0.4 is 5.32 Å². The van der Waals surface area contributed by atoms with Crippen LogP contribution in [0.2, 0.25) is 0 Å². The number of benzene rings is 1. The Bertz CT molecular complexity index is 576. The third-order valence-corrected chi connectivity index (χ3v) is 2.82. The molecule has 1 N–H and O–H groups in total. The third-order valence-electron chi connectivity index (χ3n) is 2.82. The van der Waals surface area contributed by atoms with Crippen LogP contribution in [0, 0.1) is 0 Å². The van der Waals surface area contributed by atoms with E-state index < -0.39 is 11.7 Å². The van der Waals surface area contributed by atoms with Gasteiger partial charge in [-0.1, -0.05) is 31.1 Å². The zero-order valence-electron chi connectivity index (χ0n) is 11.7. The normalized spacial score (nSPS) is 12.1. The lowest BCUT2D eigenvalue weighted by atomic mass is 10.1. The summed E-state index contributed by atoms with van der Waals surface area (Å²) < 4.78 is 42.4. The summed E-state index contributed by atoms with van der Waals surface area (Å²) in [5.41, 5.74) is 0.0219. The minimum atomic E-state index is -4.32. The van der Waals surface area contributed by atoms with Crippen molar-refractivity contribution in [1.82, 2.24) is 15.5 Å². The van der Waals surface area contributed by atoms with Gasteiger partial charge in [0.15, 0.2) is 5.82 Å². The second-order valence-electron chi connectivity index (χ2n) is 5.01. The Morgan fingerprint density at radius 1 is 1.19 bits per heavy atom. The summed E-state index contributed by atoms with van der Waals surface area (Å²) in [6.07, 6.45) is -4.01. The number of halogens is 3. The Morgan fingerprint density at radius 2 is 1.86 bits per heavy atom. The lowest BCUT2D eigenvalue weighted by Crippen LogP contribution is -2.22. The minimum Gasteiger partial charge on any atom is -0.339 e. The van der Waals surface area contributed by atoms with Crippen LogP contribution in [-0.2, 0) is 19.1 Å². The van der Waals surface area contributed by atoms with Crippen LogP contribution in [-0.4, -0.2) is 16.2 Å². The Labute approximate surface area is 120 Å². The van der Waals surface area contributed by atoms with E-state index in [1.54, 1.807) is 0 Å². The molecule has 0 aliphatic carbocycles. The molecular formula is C14H16F3N3O. The van der Waals surface area contributed by atoms with Crippen LogP contribution in [0.25, 0.3) is 0 Å². The van der Waals surface area contributed by atoms with Crippen molar-refractivity contribution in [2.24, 2.45) is 0 Å². The van der Waals surface area contributed by atoms with Gasteiger partial charge in [0.2, 0.25) is 5.89 Å². The maximum atomic E-state index is 12.5. The third kappa shape index (κ3) is 4.56. The van der Waals surface area contributed by atoms with Crippen molar-refractivity contribution in [3.63, 3.8) is 0 Å². The van der Waals surface area contributed by atoms with Gasteiger partial charge >= 0.3 is 6.18 Å². The molecule has 0 bridgehead atoms. The molecule has 0 saturated carbocycles. The van der Waals surface area contributed by atoms with Gasteiger partial charge in [0, 0.05) is 6.04 Å². The summed E-state index contributed by atoms with van der Waals surface area (Å²) in [4.78, 5) is 4.19. The molecule has 0 radical (unpaired) electrons. The lowest BCUT2D eigenvalue weighted by molar-refractivity contribution is -0.137. The highest BCUT2D eigenvalue weighted by Crippen LogP contribution is 2.29. The topological polar surface area (TPSA) is 51.0 Å². The first-order chi connectivity index (χ1) is 9.84. The summed E-state index contributed by atoms with van der Waals surface area (Å²) in [6, 6.07) is 5.24. The summed E-state index contributed by atoms with van der Waals surface area (Å²) in [7, 11) is 0. The van der Waals surface area contributed by atoms with Crippen molar-refractivity contribution in [3.8, 4) is 0 Å². The Morgan fingerprint density at radius 3 is 2.43 bits per heavy atom. The van der Waals surface area contributed by atoms with Gasteiger partial charge in [-0.05, 0) is 17.7 Å². The van der Waals surface area contributed by atoms with Gasteiger partial charge in [-0.25, -0.2) is 0 Å². The van der Waals surface area contributed by atoms with Crippen molar-refractivity contribution in [1.29, 1.82) is 0 Å². The van der Waals surface area contributed by atoms with Crippen LogP contribution in [0.4, 0.5) is 13.2 Å². The van der Waals surface area contributed by atoms with E-state index in [4.69, 9.17) is 4.52 Å². The van der Waals surface area contributed by atoms with Gasteiger partial charge in [0.1, 0.15) is 0 Å². The van der Waals surface area contributed by atoms with Gasteiger partial charge in [-0.2, -0.15) is 18.2 Å². The largest absolute Gasteiger partial charge is 0.416 e. The van der Waals surface area contributed by atoms with Gasteiger partial charge in [-0.3, -0.25) is 0 Å². The maximum absolute atomic E-state index is 12.5. The molecule has 1 heterocycles. The number of nitrogens with zero attached hydrogens (tertiary/aromatic N) is 2. The first-order valence-electron chi connectivity index (χ1n) is 6.55. The fourth-order valence-corrected chi connectivity index (χ4v) is 1.72.